The molecule has 4 rings (SSSR count). The number of hydrogen-bond donors (Lipinski definition) is 3. The largest absolute Gasteiger partial charge is 0.444 e. The van der Waals surface area contributed by atoms with E-state index >= 15 is 0 Å². The molecule has 0 aliphatic heterocycles. The van der Waals surface area contributed by atoms with Crippen molar-refractivity contribution in [3.8, 4) is 11.4 Å². The number of furan rings is 1. The molecule has 0 atom stereocenters. The second-order valence-electron chi connectivity index (χ2n) is 6.12. The summed E-state index contributed by atoms with van der Waals surface area (Å²) in [5, 5.41) is 9.07. The highest BCUT2D eigenvalue weighted by Gasteiger charge is 2.13. The van der Waals surface area contributed by atoms with E-state index in [4.69, 9.17) is 4.42 Å². The van der Waals surface area contributed by atoms with Crippen LogP contribution in [0.3, 0.4) is 0 Å². The molecule has 0 unspecified atom stereocenters. The van der Waals surface area contributed by atoms with Gasteiger partial charge in [0.1, 0.15) is 0 Å². The lowest BCUT2D eigenvalue weighted by atomic mass is 10.1. The van der Waals surface area contributed by atoms with Gasteiger partial charge in [-0.2, -0.15) is 0 Å². The number of nitrogens with zero attached hydrogens (tertiary/aromatic N) is 1. The van der Waals surface area contributed by atoms with E-state index in [2.05, 4.69) is 41.2 Å². The van der Waals surface area contributed by atoms with Gasteiger partial charge < -0.3 is 15.1 Å². The lowest BCUT2D eigenvalue weighted by Gasteiger charge is -2.08. The summed E-state index contributed by atoms with van der Waals surface area (Å²) in [6.45, 7) is 0. The number of halogens is 1. The smallest absolute Gasteiger partial charge is 0.439 e. The highest BCUT2D eigenvalue weighted by atomic mass is 79.9. The number of carbonyl (C=O) groups excluding carboxylic acids is 2. The van der Waals surface area contributed by atoms with Crippen molar-refractivity contribution in [1.82, 2.24) is 10.1 Å². The molecule has 0 spiro atoms. The summed E-state index contributed by atoms with van der Waals surface area (Å²) >= 11 is 3.14. The normalized spacial score (nSPS) is 10.6. The summed E-state index contributed by atoms with van der Waals surface area (Å²) in [5.41, 5.74) is 1.85. The standard InChI is InChI=1S/C20H13BrN4O5/c21-16-8-7-15(29-16)19(27)23-14-6-2-4-12(10-14)18(26)22-13-5-1-3-11(9-13)17-24-20(28)30-25-17/h1-10H,(H,22,26)(H,23,27)(H,24,25,28). The maximum absolute atomic E-state index is 12.6. The van der Waals surface area contributed by atoms with Gasteiger partial charge in [-0.1, -0.05) is 23.4 Å². The van der Waals surface area contributed by atoms with Crippen molar-refractivity contribution < 1.29 is 18.5 Å². The topological polar surface area (TPSA) is 130 Å². The minimum absolute atomic E-state index is 0.138. The van der Waals surface area contributed by atoms with Crippen LogP contribution in [0, 0.1) is 0 Å². The van der Waals surface area contributed by atoms with Crippen molar-refractivity contribution in [2.75, 3.05) is 10.6 Å². The number of aromatic nitrogens is 2. The quantitative estimate of drug-likeness (QED) is 0.407. The number of nitrogens with one attached hydrogen (secondary N) is 3. The number of anilines is 2. The van der Waals surface area contributed by atoms with Gasteiger partial charge >= 0.3 is 5.76 Å². The van der Waals surface area contributed by atoms with Gasteiger partial charge in [0.15, 0.2) is 16.3 Å². The number of amides is 2. The number of aromatic amines is 1. The van der Waals surface area contributed by atoms with Crippen LogP contribution in [0.4, 0.5) is 11.4 Å². The summed E-state index contributed by atoms with van der Waals surface area (Å²) in [6, 6.07) is 16.4. The molecule has 0 fully saturated rings. The lowest BCUT2D eigenvalue weighted by molar-refractivity contribution is 0.0992. The molecule has 0 aliphatic rings. The molecule has 0 saturated heterocycles. The highest BCUT2D eigenvalue weighted by molar-refractivity contribution is 9.10. The number of hydrogen-bond acceptors (Lipinski definition) is 6. The molecule has 0 saturated carbocycles. The van der Waals surface area contributed by atoms with Gasteiger partial charge in [-0.15, -0.1) is 0 Å². The zero-order valence-corrected chi connectivity index (χ0v) is 16.7. The Morgan fingerprint density at radius 3 is 2.37 bits per heavy atom. The third kappa shape index (κ3) is 4.39. The molecule has 30 heavy (non-hydrogen) atoms. The van der Waals surface area contributed by atoms with E-state index in [0.29, 0.717) is 27.2 Å². The molecule has 0 aliphatic carbocycles. The molecule has 2 aromatic carbocycles. The average molecular weight is 469 g/mol. The maximum atomic E-state index is 12.6. The molecule has 2 heterocycles. The molecular formula is C20H13BrN4O5. The third-order valence-electron chi connectivity index (χ3n) is 4.01. The number of benzene rings is 2. The molecule has 0 bridgehead atoms. The van der Waals surface area contributed by atoms with Crippen molar-refractivity contribution >= 4 is 39.1 Å². The Balaban J connectivity index is 1.48. The minimum atomic E-state index is -0.666. The summed E-state index contributed by atoms with van der Waals surface area (Å²) < 4.78 is 10.2. The van der Waals surface area contributed by atoms with Crippen molar-refractivity contribution in [1.29, 1.82) is 0 Å². The Hall–Kier alpha value is -3.92. The molecule has 10 heteroatoms. The van der Waals surface area contributed by atoms with Crippen LogP contribution in [0.25, 0.3) is 11.4 Å². The molecule has 4 aromatic rings. The fraction of sp³-hybridized carbons (Fsp3) is 0. The molecule has 3 N–H and O–H groups in total. The molecule has 0 radical (unpaired) electrons. The van der Waals surface area contributed by atoms with Gasteiger partial charge in [0, 0.05) is 22.5 Å². The zero-order valence-electron chi connectivity index (χ0n) is 15.1. The van der Waals surface area contributed by atoms with Gasteiger partial charge in [0.25, 0.3) is 11.8 Å². The molecule has 2 amide bonds. The van der Waals surface area contributed by atoms with Crippen LogP contribution in [0.5, 0.6) is 0 Å². The Morgan fingerprint density at radius 2 is 1.67 bits per heavy atom. The first-order valence-corrected chi connectivity index (χ1v) is 9.42. The Bertz CT molecular complexity index is 1290. The summed E-state index contributed by atoms with van der Waals surface area (Å²) in [6.07, 6.45) is 0. The number of H-pyrrole nitrogens is 1. The average Bonchev–Trinajstić information content (AvgIpc) is 3.37. The maximum Gasteiger partial charge on any atom is 0.439 e. The van der Waals surface area contributed by atoms with Gasteiger partial charge in [-0.25, -0.2) is 4.79 Å². The van der Waals surface area contributed by atoms with Gasteiger partial charge in [0.05, 0.1) is 0 Å². The van der Waals surface area contributed by atoms with Crippen LogP contribution in [0.1, 0.15) is 20.9 Å². The van der Waals surface area contributed by atoms with E-state index in [-0.39, 0.29) is 17.5 Å². The predicted molar refractivity (Wildman–Crippen MR) is 111 cm³/mol. The molecule has 9 nitrogen and oxygen atoms in total. The van der Waals surface area contributed by atoms with Crippen molar-refractivity contribution in [3.05, 3.63) is 87.2 Å². The van der Waals surface area contributed by atoms with Crippen LogP contribution in [0.2, 0.25) is 0 Å². The number of rotatable bonds is 5. The van der Waals surface area contributed by atoms with Crippen molar-refractivity contribution in [2.24, 2.45) is 0 Å². The van der Waals surface area contributed by atoms with Crippen LogP contribution in [-0.4, -0.2) is 22.0 Å². The molecular weight excluding hydrogens is 456 g/mol. The van der Waals surface area contributed by atoms with Gasteiger partial charge in [0.2, 0.25) is 0 Å². The fourth-order valence-electron chi connectivity index (χ4n) is 2.67. The van der Waals surface area contributed by atoms with E-state index in [9.17, 15) is 14.4 Å². The Labute approximate surface area is 177 Å². The first-order chi connectivity index (χ1) is 14.5. The minimum Gasteiger partial charge on any atom is -0.444 e. The lowest BCUT2D eigenvalue weighted by Crippen LogP contribution is -2.14. The molecule has 2 aromatic heterocycles. The first-order valence-electron chi connectivity index (χ1n) is 8.62. The fourth-order valence-corrected chi connectivity index (χ4v) is 2.98. The van der Waals surface area contributed by atoms with E-state index in [1.807, 2.05) is 0 Å². The van der Waals surface area contributed by atoms with Crippen LogP contribution < -0.4 is 16.4 Å². The SMILES string of the molecule is O=C(Nc1cccc(-c2noc(=O)[nH]2)c1)c1cccc(NC(=O)c2ccc(Br)o2)c1. The summed E-state index contributed by atoms with van der Waals surface area (Å²) in [7, 11) is 0. The van der Waals surface area contributed by atoms with E-state index in [1.54, 1.807) is 54.6 Å². The third-order valence-corrected chi connectivity index (χ3v) is 4.44. The Kier molecular flexibility index (Phi) is 5.31. The van der Waals surface area contributed by atoms with Crippen LogP contribution in [-0.2, 0) is 0 Å². The second kappa shape index (κ2) is 8.21. The zero-order chi connectivity index (χ0) is 21.1. The Morgan fingerprint density at radius 1 is 0.933 bits per heavy atom. The van der Waals surface area contributed by atoms with Gasteiger partial charge in [-0.3, -0.25) is 19.1 Å². The van der Waals surface area contributed by atoms with E-state index < -0.39 is 11.7 Å². The van der Waals surface area contributed by atoms with E-state index in [0.717, 1.165) is 0 Å². The summed E-state index contributed by atoms with van der Waals surface area (Å²) in [5.74, 6) is -1.09. The first kappa shape index (κ1) is 19.4. The monoisotopic (exact) mass is 468 g/mol. The summed E-state index contributed by atoms with van der Waals surface area (Å²) in [4.78, 5) is 38.4. The number of carbonyl (C=O) groups is 2. The van der Waals surface area contributed by atoms with Gasteiger partial charge in [-0.05, 0) is 58.4 Å². The van der Waals surface area contributed by atoms with E-state index in [1.165, 1.54) is 6.07 Å². The van der Waals surface area contributed by atoms with Crippen molar-refractivity contribution in [3.63, 3.8) is 0 Å². The highest BCUT2D eigenvalue weighted by Crippen LogP contribution is 2.20. The van der Waals surface area contributed by atoms with Crippen LogP contribution in [0.15, 0.2) is 79.1 Å². The molecule has 150 valence electrons. The van der Waals surface area contributed by atoms with Crippen LogP contribution >= 0.6 is 15.9 Å². The predicted octanol–water partition coefficient (Wildman–Crippen LogP) is 3.89. The van der Waals surface area contributed by atoms with Crippen molar-refractivity contribution in [2.45, 2.75) is 0 Å². The second-order valence-corrected chi connectivity index (χ2v) is 6.90.